The average Bonchev–Trinajstić information content (AvgIpc) is 2.80. The Balaban J connectivity index is 2.23. The van der Waals surface area contributed by atoms with Crippen LogP contribution in [-0.4, -0.2) is 18.0 Å². The Morgan fingerprint density at radius 3 is 2.84 bits per heavy atom. The van der Waals surface area contributed by atoms with Crippen molar-refractivity contribution in [2.45, 2.75) is 13.5 Å². The molecule has 19 heavy (non-hydrogen) atoms. The number of carbonyl (C=O) groups is 1. The van der Waals surface area contributed by atoms with Crippen LogP contribution in [0.2, 0.25) is 0 Å². The highest BCUT2D eigenvalue weighted by Crippen LogP contribution is 2.25. The maximum atomic E-state index is 12.2. The molecule has 2 rings (SSSR count). The van der Waals surface area contributed by atoms with E-state index >= 15 is 0 Å². The molecular formula is C13H15N3O2S. The van der Waals surface area contributed by atoms with E-state index in [2.05, 4.69) is 10.3 Å². The molecule has 0 radical (unpaired) electrons. The van der Waals surface area contributed by atoms with Crippen molar-refractivity contribution in [3.05, 3.63) is 39.8 Å². The average molecular weight is 277 g/mol. The summed E-state index contributed by atoms with van der Waals surface area (Å²) in [5, 5.41) is 3.57. The van der Waals surface area contributed by atoms with Gasteiger partial charge in [0.05, 0.1) is 18.5 Å². The summed E-state index contributed by atoms with van der Waals surface area (Å²) in [6.45, 7) is 2.14. The van der Waals surface area contributed by atoms with E-state index < -0.39 is 0 Å². The van der Waals surface area contributed by atoms with Crippen LogP contribution in [0.5, 0.6) is 5.75 Å². The number of carbonyl (C=O) groups excluding carboxylic acids is 1. The lowest BCUT2D eigenvalue weighted by molar-refractivity contribution is 0.102. The lowest BCUT2D eigenvalue weighted by Crippen LogP contribution is -2.12. The molecule has 0 aliphatic carbocycles. The second kappa shape index (κ2) is 5.81. The van der Waals surface area contributed by atoms with E-state index in [0.29, 0.717) is 28.6 Å². The first-order valence-electron chi connectivity index (χ1n) is 5.76. The van der Waals surface area contributed by atoms with Crippen LogP contribution in [0.25, 0.3) is 0 Å². The Morgan fingerprint density at radius 2 is 2.21 bits per heavy atom. The summed E-state index contributed by atoms with van der Waals surface area (Å²) >= 11 is 1.31. The number of thiazole rings is 1. The highest BCUT2D eigenvalue weighted by molar-refractivity contribution is 7.13. The first kappa shape index (κ1) is 13.5. The Hall–Kier alpha value is -1.92. The lowest BCUT2D eigenvalue weighted by Gasteiger charge is -2.08. The Kier molecular flexibility index (Phi) is 4.13. The zero-order valence-corrected chi connectivity index (χ0v) is 11.6. The van der Waals surface area contributed by atoms with Crippen LogP contribution in [0.1, 0.15) is 20.4 Å². The highest BCUT2D eigenvalue weighted by atomic mass is 32.1. The van der Waals surface area contributed by atoms with Crippen molar-refractivity contribution in [3.63, 3.8) is 0 Å². The zero-order valence-electron chi connectivity index (χ0n) is 10.8. The van der Waals surface area contributed by atoms with Gasteiger partial charge < -0.3 is 15.8 Å². The molecule has 100 valence electrons. The first-order valence-corrected chi connectivity index (χ1v) is 6.58. The minimum atomic E-state index is -0.195. The van der Waals surface area contributed by atoms with Gasteiger partial charge in [-0.3, -0.25) is 4.79 Å². The number of ether oxygens (including phenoxy) is 1. The topological polar surface area (TPSA) is 77.2 Å². The van der Waals surface area contributed by atoms with Gasteiger partial charge in [-0.25, -0.2) is 4.98 Å². The molecular weight excluding hydrogens is 262 g/mol. The summed E-state index contributed by atoms with van der Waals surface area (Å²) in [6.07, 6.45) is 0. The van der Waals surface area contributed by atoms with Crippen molar-refractivity contribution >= 4 is 22.9 Å². The van der Waals surface area contributed by atoms with Gasteiger partial charge >= 0.3 is 0 Å². The summed E-state index contributed by atoms with van der Waals surface area (Å²) < 4.78 is 5.19. The molecule has 1 aromatic carbocycles. The SMILES string of the molecule is COc1ccccc1NC(=O)c1sc(CN)nc1C. The molecule has 2 aromatic rings. The molecule has 0 atom stereocenters. The number of hydrogen-bond acceptors (Lipinski definition) is 5. The van der Waals surface area contributed by atoms with Gasteiger partial charge in [-0.1, -0.05) is 12.1 Å². The summed E-state index contributed by atoms with van der Waals surface area (Å²) in [5.41, 5.74) is 6.86. The van der Waals surface area contributed by atoms with Crippen LogP contribution in [0.4, 0.5) is 5.69 Å². The largest absolute Gasteiger partial charge is 0.495 e. The van der Waals surface area contributed by atoms with Crippen molar-refractivity contribution < 1.29 is 9.53 Å². The number of anilines is 1. The standard InChI is InChI=1S/C13H15N3O2S/c1-8-12(19-11(7-14)15-8)13(17)16-9-5-3-4-6-10(9)18-2/h3-6H,7,14H2,1-2H3,(H,16,17). The predicted octanol–water partition coefficient (Wildman–Crippen LogP) is 2.17. The number of benzene rings is 1. The van der Waals surface area contributed by atoms with Crippen LogP contribution in [0, 0.1) is 6.92 Å². The number of aromatic nitrogens is 1. The molecule has 0 unspecified atom stereocenters. The number of methoxy groups -OCH3 is 1. The molecule has 0 saturated heterocycles. The number of nitrogens with one attached hydrogen (secondary N) is 1. The molecule has 5 nitrogen and oxygen atoms in total. The molecule has 0 aliphatic heterocycles. The summed E-state index contributed by atoms with van der Waals surface area (Å²) in [5.74, 6) is 0.427. The smallest absolute Gasteiger partial charge is 0.267 e. The molecule has 0 saturated carbocycles. The molecule has 1 amide bonds. The van der Waals surface area contributed by atoms with Gasteiger partial charge in [-0.2, -0.15) is 0 Å². The number of amides is 1. The van der Waals surface area contributed by atoms with E-state index in [4.69, 9.17) is 10.5 Å². The van der Waals surface area contributed by atoms with Gasteiger partial charge in [-0.15, -0.1) is 11.3 Å². The van der Waals surface area contributed by atoms with Gasteiger partial charge in [0.15, 0.2) is 0 Å². The van der Waals surface area contributed by atoms with Crippen molar-refractivity contribution in [1.29, 1.82) is 0 Å². The van der Waals surface area contributed by atoms with Gasteiger partial charge in [0, 0.05) is 6.54 Å². The Bertz CT molecular complexity index is 595. The Morgan fingerprint density at radius 1 is 1.47 bits per heavy atom. The van der Waals surface area contributed by atoms with Crippen molar-refractivity contribution in [1.82, 2.24) is 4.98 Å². The number of rotatable bonds is 4. The van der Waals surface area contributed by atoms with Gasteiger partial charge in [0.25, 0.3) is 5.91 Å². The molecule has 0 fully saturated rings. The zero-order chi connectivity index (χ0) is 13.8. The Labute approximate surface area is 115 Å². The summed E-state index contributed by atoms with van der Waals surface area (Å²) in [7, 11) is 1.56. The van der Waals surface area contributed by atoms with Crippen LogP contribution in [-0.2, 0) is 6.54 Å². The van der Waals surface area contributed by atoms with Crippen molar-refractivity contribution in [2.24, 2.45) is 5.73 Å². The predicted molar refractivity (Wildman–Crippen MR) is 75.7 cm³/mol. The highest BCUT2D eigenvalue weighted by Gasteiger charge is 2.16. The normalized spacial score (nSPS) is 10.3. The second-order valence-electron chi connectivity index (χ2n) is 3.88. The fraction of sp³-hybridized carbons (Fsp3) is 0.231. The molecule has 1 aromatic heterocycles. The quantitative estimate of drug-likeness (QED) is 0.898. The molecule has 0 spiro atoms. The van der Waals surface area contributed by atoms with Crippen LogP contribution in [0.3, 0.4) is 0 Å². The summed E-state index contributed by atoms with van der Waals surface area (Å²) in [6, 6.07) is 7.26. The maximum Gasteiger partial charge on any atom is 0.267 e. The minimum absolute atomic E-state index is 0.195. The van der Waals surface area contributed by atoms with E-state index in [1.54, 1.807) is 26.2 Å². The van der Waals surface area contributed by atoms with Crippen LogP contribution >= 0.6 is 11.3 Å². The van der Waals surface area contributed by atoms with Gasteiger partial charge in [0.2, 0.25) is 0 Å². The fourth-order valence-corrected chi connectivity index (χ4v) is 2.52. The number of hydrogen-bond donors (Lipinski definition) is 2. The third-order valence-electron chi connectivity index (χ3n) is 2.58. The molecule has 1 heterocycles. The summed E-state index contributed by atoms with van der Waals surface area (Å²) in [4.78, 5) is 17.0. The molecule has 6 heteroatoms. The van der Waals surface area contributed by atoms with Crippen LogP contribution in [0.15, 0.2) is 24.3 Å². The second-order valence-corrected chi connectivity index (χ2v) is 4.96. The van der Waals surface area contributed by atoms with Crippen LogP contribution < -0.4 is 15.8 Å². The van der Waals surface area contributed by atoms with Crippen molar-refractivity contribution in [2.75, 3.05) is 12.4 Å². The third-order valence-corrected chi connectivity index (χ3v) is 3.76. The van der Waals surface area contributed by atoms with E-state index in [-0.39, 0.29) is 5.91 Å². The monoisotopic (exact) mass is 277 g/mol. The van der Waals surface area contributed by atoms with E-state index in [1.165, 1.54) is 11.3 Å². The van der Waals surface area contributed by atoms with Crippen molar-refractivity contribution in [3.8, 4) is 5.75 Å². The number of para-hydroxylation sites is 2. The molecule has 3 N–H and O–H groups in total. The van der Waals surface area contributed by atoms with E-state index in [0.717, 1.165) is 5.01 Å². The van der Waals surface area contributed by atoms with Gasteiger partial charge in [0.1, 0.15) is 15.6 Å². The molecule has 0 aliphatic rings. The first-order chi connectivity index (χ1) is 9.15. The van der Waals surface area contributed by atoms with Gasteiger partial charge in [-0.05, 0) is 19.1 Å². The number of nitrogens with two attached hydrogens (primary N) is 1. The van der Waals surface area contributed by atoms with E-state index in [9.17, 15) is 4.79 Å². The maximum absolute atomic E-state index is 12.2. The van der Waals surface area contributed by atoms with E-state index in [1.807, 2.05) is 12.1 Å². The number of aryl methyl sites for hydroxylation is 1. The molecule has 0 bridgehead atoms. The lowest BCUT2D eigenvalue weighted by atomic mass is 10.3. The fourth-order valence-electron chi connectivity index (χ4n) is 1.68. The third kappa shape index (κ3) is 2.91. The minimum Gasteiger partial charge on any atom is -0.495 e. The number of nitrogens with zero attached hydrogens (tertiary/aromatic N) is 1.